The van der Waals surface area contributed by atoms with Gasteiger partial charge >= 0.3 is 0 Å². The fourth-order valence-electron chi connectivity index (χ4n) is 5.27. The van der Waals surface area contributed by atoms with Crippen LogP contribution in [0.5, 0.6) is 0 Å². The number of aliphatic imine (C=N–C) groups is 1. The van der Waals surface area contributed by atoms with Crippen molar-refractivity contribution in [1.82, 2.24) is 5.32 Å². The number of hydrogen-bond acceptors (Lipinski definition) is 4. The van der Waals surface area contributed by atoms with Crippen LogP contribution in [0.25, 0.3) is 0 Å². The Hall–Kier alpha value is -4.10. The zero-order valence-corrected chi connectivity index (χ0v) is 22.7. The first-order chi connectivity index (χ1) is 19.0. The average molecular weight is 544 g/mol. The van der Waals surface area contributed by atoms with Crippen molar-refractivity contribution in [2.45, 2.75) is 37.8 Å². The van der Waals surface area contributed by atoms with Gasteiger partial charge in [-0.05, 0) is 55.7 Å². The zero-order chi connectivity index (χ0) is 28.5. The topological polar surface area (TPSA) is 59.6 Å². The van der Waals surface area contributed by atoms with Gasteiger partial charge in [-0.25, -0.2) is 13.2 Å². The van der Waals surface area contributed by atoms with E-state index in [0.717, 1.165) is 33.9 Å². The summed E-state index contributed by atoms with van der Waals surface area (Å²) in [5.74, 6) is -4.17. The number of nitrogens with zero attached hydrogens (tertiary/aromatic N) is 1. The van der Waals surface area contributed by atoms with Crippen LogP contribution in [0.15, 0.2) is 102 Å². The predicted octanol–water partition coefficient (Wildman–Crippen LogP) is 6.89. The molecule has 206 valence electrons. The summed E-state index contributed by atoms with van der Waals surface area (Å²) < 4.78 is 52.0. The van der Waals surface area contributed by atoms with Gasteiger partial charge in [0.25, 0.3) is 5.92 Å². The summed E-state index contributed by atoms with van der Waals surface area (Å²) in [7, 11) is 0. The van der Waals surface area contributed by atoms with Crippen molar-refractivity contribution in [3.8, 4) is 0 Å². The number of alkyl halides is 2. The van der Waals surface area contributed by atoms with E-state index in [9.17, 15) is 0 Å². The van der Waals surface area contributed by atoms with E-state index in [-0.39, 0.29) is 23.7 Å². The number of halogens is 3. The van der Waals surface area contributed by atoms with Crippen LogP contribution in [0.2, 0.25) is 0 Å². The van der Waals surface area contributed by atoms with Crippen molar-refractivity contribution in [3.63, 3.8) is 0 Å². The molecule has 4 nitrogen and oxygen atoms in total. The second-order valence-corrected chi connectivity index (χ2v) is 10.5. The number of hydrogen-bond donors (Lipinski definition) is 2. The Kier molecular flexibility index (Phi) is 7.19. The van der Waals surface area contributed by atoms with Gasteiger partial charge in [-0.1, -0.05) is 90.0 Å². The van der Waals surface area contributed by atoms with E-state index in [1.165, 1.54) is 19.1 Å². The Balaban J connectivity index is 1.77. The largest absolute Gasteiger partial charge is 0.399 e. The van der Waals surface area contributed by atoms with Crippen molar-refractivity contribution in [2.75, 3.05) is 18.9 Å². The smallest absolute Gasteiger partial charge is 0.299 e. The Morgan fingerprint density at radius 3 is 1.95 bits per heavy atom. The van der Waals surface area contributed by atoms with Gasteiger partial charge in [0.15, 0.2) is 5.54 Å². The van der Waals surface area contributed by atoms with Crippen LogP contribution >= 0.6 is 0 Å². The van der Waals surface area contributed by atoms with Gasteiger partial charge in [0.2, 0.25) is 0 Å². The first-order valence-corrected chi connectivity index (χ1v) is 13.1. The SMILES string of the molecule is Cc1ccc(C(NC2=N[C@](C)(c3cc(N)ccc3F)C(F)(F)COC2)(c2ccccc2)c2ccc(C)cc2)cc1. The summed E-state index contributed by atoms with van der Waals surface area (Å²) in [6.07, 6.45) is 0. The molecule has 1 aliphatic heterocycles. The molecule has 4 aromatic carbocycles. The molecule has 0 aromatic heterocycles. The van der Waals surface area contributed by atoms with E-state index in [4.69, 9.17) is 10.5 Å². The van der Waals surface area contributed by atoms with Gasteiger partial charge in [-0.15, -0.1) is 0 Å². The molecule has 0 fully saturated rings. The van der Waals surface area contributed by atoms with Crippen molar-refractivity contribution in [1.29, 1.82) is 0 Å². The zero-order valence-electron chi connectivity index (χ0n) is 22.7. The molecular formula is C33H32F3N3O. The van der Waals surface area contributed by atoms with Gasteiger partial charge in [0, 0.05) is 11.3 Å². The molecule has 0 saturated heterocycles. The molecular weight excluding hydrogens is 511 g/mol. The highest BCUT2D eigenvalue weighted by atomic mass is 19.3. The van der Waals surface area contributed by atoms with Crippen LogP contribution in [-0.4, -0.2) is 25.0 Å². The maximum absolute atomic E-state index is 15.7. The number of aryl methyl sites for hydroxylation is 2. The van der Waals surface area contributed by atoms with Crippen LogP contribution < -0.4 is 11.1 Å². The van der Waals surface area contributed by atoms with Crippen LogP contribution in [-0.2, 0) is 15.8 Å². The van der Waals surface area contributed by atoms with E-state index in [1.807, 2.05) is 92.7 Å². The van der Waals surface area contributed by atoms with Crippen molar-refractivity contribution < 1.29 is 17.9 Å². The van der Waals surface area contributed by atoms with Crippen LogP contribution in [0, 0.1) is 19.7 Å². The number of amidine groups is 1. The van der Waals surface area contributed by atoms with Crippen molar-refractivity contribution >= 4 is 11.5 Å². The molecule has 7 heteroatoms. The number of nitrogens with one attached hydrogen (secondary N) is 1. The standard InChI is InChI=1S/C33H32F3N3O/c1-22-9-13-25(14-10-22)33(24-7-5-4-6-8-24,26-15-11-23(2)12-16-26)39-30-20-40-21-32(35,36)31(3,38-30)28-19-27(37)17-18-29(28)34/h4-19H,20-21,37H2,1-3H3,(H,38,39)/t31-/m1/s1. The molecule has 0 radical (unpaired) electrons. The maximum atomic E-state index is 15.7. The van der Waals surface area contributed by atoms with Gasteiger partial charge in [0.1, 0.15) is 30.4 Å². The molecule has 0 bridgehead atoms. The van der Waals surface area contributed by atoms with Crippen molar-refractivity contribution in [2.24, 2.45) is 4.99 Å². The number of anilines is 1. The summed E-state index contributed by atoms with van der Waals surface area (Å²) in [4.78, 5) is 4.56. The first-order valence-electron chi connectivity index (χ1n) is 13.1. The molecule has 0 saturated carbocycles. The predicted molar refractivity (Wildman–Crippen MR) is 153 cm³/mol. The summed E-state index contributed by atoms with van der Waals surface area (Å²) >= 11 is 0. The Morgan fingerprint density at radius 2 is 1.38 bits per heavy atom. The normalized spacial score (nSPS) is 19.0. The van der Waals surface area contributed by atoms with Crippen LogP contribution in [0.4, 0.5) is 18.9 Å². The summed E-state index contributed by atoms with van der Waals surface area (Å²) in [6.45, 7) is 4.08. The van der Waals surface area contributed by atoms with Gasteiger partial charge in [-0.2, -0.15) is 0 Å². The molecule has 0 amide bonds. The molecule has 40 heavy (non-hydrogen) atoms. The maximum Gasteiger partial charge on any atom is 0.299 e. The number of rotatable bonds is 5. The molecule has 1 atom stereocenters. The number of ether oxygens (including phenoxy) is 1. The van der Waals surface area contributed by atoms with Gasteiger partial charge in [0.05, 0.1) is 0 Å². The molecule has 5 rings (SSSR count). The minimum atomic E-state index is -3.52. The number of nitrogens with two attached hydrogens (primary N) is 1. The van der Waals surface area contributed by atoms with Crippen LogP contribution in [0.3, 0.4) is 0 Å². The molecule has 1 aliphatic rings. The third-order valence-corrected chi connectivity index (χ3v) is 7.62. The third kappa shape index (κ3) is 4.86. The minimum Gasteiger partial charge on any atom is -0.399 e. The van der Waals surface area contributed by atoms with Gasteiger partial charge in [-0.3, -0.25) is 4.99 Å². The molecule has 3 N–H and O–H groups in total. The van der Waals surface area contributed by atoms with E-state index in [1.54, 1.807) is 0 Å². The fraction of sp³-hybridized carbons (Fsp3) is 0.242. The second kappa shape index (κ2) is 10.5. The summed E-state index contributed by atoms with van der Waals surface area (Å²) in [5.41, 5.74) is 7.25. The minimum absolute atomic E-state index is 0.159. The lowest BCUT2D eigenvalue weighted by Crippen LogP contribution is -2.50. The lowest BCUT2D eigenvalue weighted by Gasteiger charge is -2.39. The highest BCUT2D eigenvalue weighted by Gasteiger charge is 2.55. The summed E-state index contributed by atoms with van der Waals surface area (Å²) in [6, 6.07) is 29.5. The molecule has 4 aromatic rings. The third-order valence-electron chi connectivity index (χ3n) is 7.62. The number of benzene rings is 4. The average Bonchev–Trinajstić information content (AvgIpc) is 3.05. The van der Waals surface area contributed by atoms with Crippen molar-refractivity contribution in [3.05, 3.63) is 136 Å². The molecule has 0 spiro atoms. The quantitative estimate of drug-likeness (QED) is 0.213. The van der Waals surface area contributed by atoms with E-state index in [0.29, 0.717) is 0 Å². The summed E-state index contributed by atoms with van der Waals surface area (Å²) in [5, 5.41) is 3.53. The van der Waals surface area contributed by atoms with Crippen LogP contribution in [0.1, 0.15) is 40.3 Å². The van der Waals surface area contributed by atoms with E-state index < -0.39 is 29.4 Å². The lowest BCUT2D eigenvalue weighted by molar-refractivity contribution is -0.116. The Labute approximate surface area is 232 Å². The Bertz CT molecular complexity index is 1470. The highest BCUT2D eigenvalue weighted by molar-refractivity contribution is 5.86. The number of nitrogen functional groups attached to an aromatic ring is 1. The molecule has 0 aliphatic carbocycles. The fourth-order valence-corrected chi connectivity index (χ4v) is 5.27. The highest BCUT2D eigenvalue weighted by Crippen LogP contribution is 2.45. The second-order valence-electron chi connectivity index (χ2n) is 10.5. The van der Waals surface area contributed by atoms with E-state index in [2.05, 4.69) is 10.3 Å². The molecule has 0 unspecified atom stereocenters. The lowest BCUT2D eigenvalue weighted by atomic mass is 9.76. The first kappa shape index (κ1) is 27.5. The van der Waals surface area contributed by atoms with Gasteiger partial charge < -0.3 is 15.8 Å². The Morgan fingerprint density at radius 1 is 0.825 bits per heavy atom. The van der Waals surface area contributed by atoms with E-state index >= 15 is 13.2 Å². The molecule has 1 heterocycles. The monoisotopic (exact) mass is 543 g/mol.